The zero-order valence-electron chi connectivity index (χ0n) is 12.8. The van der Waals surface area contributed by atoms with Crippen molar-refractivity contribution in [2.24, 2.45) is 10.8 Å². The standard InChI is InChI=1S/C16H20N4S/c1-10-6-5-7-15(12(10)3)20-11(2)8-14(13(20)4)9-18-19-16(17)21/h5-9H,1-4H3,(H3,17,19,21)/b18-9+. The highest BCUT2D eigenvalue weighted by molar-refractivity contribution is 7.80. The lowest BCUT2D eigenvalue weighted by Gasteiger charge is -2.14. The summed E-state index contributed by atoms with van der Waals surface area (Å²) in [7, 11) is 0. The smallest absolute Gasteiger partial charge is 0.184 e. The first-order valence-electron chi connectivity index (χ1n) is 6.76. The maximum atomic E-state index is 5.36. The first-order valence-corrected chi connectivity index (χ1v) is 7.16. The van der Waals surface area contributed by atoms with Gasteiger partial charge in [0.2, 0.25) is 0 Å². The van der Waals surface area contributed by atoms with E-state index in [0.717, 1.165) is 17.0 Å². The topological polar surface area (TPSA) is 55.3 Å². The molecule has 0 aliphatic heterocycles. The zero-order chi connectivity index (χ0) is 15.6. The number of hydrogen-bond acceptors (Lipinski definition) is 2. The minimum atomic E-state index is 0.162. The Morgan fingerprint density at radius 3 is 2.67 bits per heavy atom. The minimum Gasteiger partial charge on any atom is -0.375 e. The van der Waals surface area contributed by atoms with Gasteiger partial charge in [0.25, 0.3) is 0 Å². The lowest BCUT2D eigenvalue weighted by molar-refractivity contribution is 0.950. The van der Waals surface area contributed by atoms with Gasteiger partial charge >= 0.3 is 0 Å². The Kier molecular flexibility index (Phi) is 4.43. The zero-order valence-corrected chi connectivity index (χ0v) is 13.6. The molecule has 0 aliphatic rings. The second-order valence-corrected chi connectivity index (χ2v) is 5.55. The Hall–Kier alpha value is -2.14. The lowest BCUT2D eigenvalue weighted by atomic mass is 10.1. The van der Waals surface area contributed by atoms with Gasteiger partial charge in [0, 0.05) is 22.6 Å². The Morgan fingerprint density at radius 1 is 1.29 bits per heavy atom. The molecule has 0 radical (unpaired) electrons. The molecule has 5 heteroatoms. The van der Waals surface area contributed by atoms with Gasteiger partial charge in [-0.1, -0.05) is 12.1 Å². The number of rotatable bonds is 3. The number of aryl methyl sites for hydroxylation is 2. The van der Waals surface area contributed by atoms with E-state index in [0.29, 0.717) is 0 Å². The van der Waals surface area contributed by atoms with Crippen LogP contribution in [0.3, 0.4) is 0 Å². The van der Waals surface area contributed by atoms with Crippen molar-refractivity contribution in [2.75, 3.05) is 0 Å². The largest absolute Gasteiger partial charge is 0.375 e. The third kappa shape index (κ3) is 3.13. The molecule has 3 N–H and O–H groups in total. The number of thiocarbonyl (C=S) groups is 1. The van der Waals surface area contributed by atoms with Crippen LogP contribution in [0.15, 0.2) is 29.4 Å². The van der Waals surface area contributed by atoms with Gasteiger partial charge in [0.15, 0.2) is 5.11 Å². The Morgan fingerprint density at radius 2 is 2.00 bits per heavy atom. The number of hydrogen-bond donors (Lipinski definition) is 2. The molecule has 0 saturated carbocycles. The van der Waals surface area contributed by atoms with E-state index in [-0.39, 0.29) is 5.11 Å². The van der Waals surface area contributed by atoms with Crippen molar-refractivity contribution in [3.05, 3.63) is 52.3 Å². The summed E-state index contributed by atoms with van der Waals surface area (Å²) in [4.78, 5) is 0. The van der Waals surface area contributed by atoms with Crippen molar-refractivity contribution in [3.63, 3.8) is 0 Å². The van der Waals surface area contributed by atoms with E-state index in [1.54, 1.807) is 6.21 Å². The van der Waals surface area contributed by atoms with Crippen molar-refractivity contribution in [1.82, 2.24) is 9.99 Å². The average molecular weight is 300 g/mol. The summed E-state index contributed by atoms with van der Waals surface area (Å²) in [6, 6.07) is 8.44. The molecule has 1 aromatic carbocycles. The fourth-order valence-electron chi connectivity index (χ4n) is 2.43. The quantitative estimate of drug-likeness (QED) is 0.520. The number of benzene rings is 1. The molecule has 0 bridgehead atoms. The van der Waals surface area contributed by atoms with Crippen LogP contribution in [0.5, 0.6) is 0 Å². The normalized spacial score (nSPS) is 11.0. The minimum absolute atomic E-state index is 0.162. The van der Waals surface area contributed by atoms with Gasteiger partial charge in [-0.25, -0.2) is 0 Å². The highest BCUT2D eigenvalue weighted by atomic mass is 32.1. The molecule has 21 heavy (non-hydrogen) atoms. The summed E-state index contributed by atoms with van der Waals surface area (Å²) in [5.41, 5.74) is 15.0. The molecule has 0 saturated heterocycles. The fraction of sp³-hybridized carbons (Fsp3) is 0.250. The monoisotopic (exact) mass is 300 g/mol. The summed E-state index contributed by atoms with van der Waals surface area (Å²) in [5, 5.41) is 4.20. The van der Waals surface area contributed by atoms with E-state index in [2.05, 4.69) is 67.1 Å². The summed E-state index contributed by atoms with van der Waals surface area (Å²) in [6.45, 7) is 8.44. The second-order valence-electron chi connectivity index (χ2n) is 5.12. The van der Waals surface area contributed by atoms with Crippen LogP contribution in [0.4, 0.5) is 0 Å². The van der Waals surface area contributed by atoms with Crippen molar-refractivity contribution in [2.45, 2.75) is 27.7 Å². The van der Waals surface area contributed by atoms with E-state index in [9.17, 15) is 0 Å². The highest BCUT2D eigenvalue weighted by Gasteiger charge is 2.11. The third-order valence-corrected chi connectivity index (χ3v) is 3.76. The van der Waals surface area contributed by atoms with Gasteiger partial charge in [0.1, 0.15) is 0 Å². The van der Waals surface area contributed by atoms with Gasteiger partial charge in [-0.15, -0.1) is 0 Å². The van der Waals surface area contributed by atoms with Crippen LogP contribution >= 0.6 is 12.2 Å². The first-order chi connectivity index (χ1) is 9.91. The van der Waals surface area contributed by atoms with Crippen LogP contribution in [-0.2, 0) is 0 Å². The molecule has 2 aromatic rings. The molecule has 0 spiro atoms. The number of nitrogens with zero attached hydrogens (tertiary/aromatic N) is 2. The number of hydrazone groups is 1. The summed E-state index contributed by atoms with van der Waals surface area (Å²) in [6.07, 6.45) is 1.74. The van der Waals surface area contributed by atoms with Crippen LogP contribution in [0.25, 0.3) is 5.69 Å². The fourth-order valence-corrected chi connectivity index (χ4v) is 2.49. The SMILES string of the molecule is Cc1cccc(-n2c(C)cc(/C=N/NC(N)=S)c2C)c1C. The molecule has 0 unspecified atom stereocenters. The molecule has 1 aromatic heterocycles. The predicted molar refractivity (Wildman–Crippen MR) is 92.2 cm³/mol. The van der Waals surface area contributed by atoms with Crippen molar-refractivity contribution < 1.29 is 0 Å². The summed E-state index contributed by atoms with van der Waals surface area (Å²) >= 11 is 4.73. The van der Waals surface area contributed by atoms with E-state index in [1.165, 1.54) is 16.8 Å². The molecule has 2 rings (SSSR count). The number of nitrogens with one attached hydrogen (secondary N) is 1. The van der Waals surface area contributed by atoms with Crippen LogP contribution in [0.2, 0.25) is 0 Å². The predicted octanol–water partition coefficient (Wildman–Crippen LogP) is 2.88. The average Bonchev–Trinajstić information content (AvgIpc) is 2.68. The maximum absolute atomic E-state index is 5.36. The van der Waals surface area contributed by atoms with Crippen LogP contribution in [0.1, 0.15) is 28.1 Å². The second kappa shape index (κ2) is 6.10. The van der Waals surface area contributed by atoms with Crippen LogP contribution in [0, 0.1) is 27.7 Å². The summed E-state index contributed by atoms with van der Waals surface area (Å²) in [5.74, 6) is 0. The molecule has 0 aliphatic carbocycles. The Labute approximate surface area is 130 Å². The van der Waals surface area contributed by atoms with Gasteiger partial charge in [-0.05, 0) is 63.2 Å². The van der Waals surface area contributed by atoms with Crippen LogP contribution in [-0.4, -0.2) is 15.9 Å². The third-order valence-electron chi connectivity index (χ3n) is 3.67. The molecular formula is C16H20N4S. The molecule has 0 fully saturated rings. The van der Waals surface area contributed by atoms with E-state index < -0.39 is 0 Å². The lowest BCUT2D eigenvalue weighted by Crippen LogP contribution is -2.24. The van der Waals surface area contributed by atoms with Gasteiger partial charge < -0.3 is 10.3 Å². The van der Waals surface area contributed by atoms with E-state index >= 15 is 0 Å². The molecule has 0 atom stereocenters. The van der Waals surface area contributed by atoms with Crippen LogP contribution < -0.4 is 11.2 Å². The van der Waals surface area contributed by atoms with Gasteiger partial charge in [-0.3, -0.25) is 5.43 Å². The highest BCUT2D eigenvalue weighted by Crippen LogP contribution is 2.24. The van der Waals surface area contributed by atoms with E-state index in [1.807, 2.05) is 0 Å². The Bertz CT molecular complexity index is 713. The van der Waals surface area contributed by atoms with Crippen molar-refractivity contribution >= 4 is 23.5 Å². The number of nitrogens with two attached hydrogens (primary N) is 1. The summed E-state index contributed by atoms with van der Waals surface area (Å²) < 4.78 is 2.24. The van der Waals surface area contributed by atoms with Gasteiger partial charge in [-0.2, -0.15) is 5.10 Å². The Balaban J connectivity index is 2.47. The molecule has 0 amide bonds. The van der Waals surface area contributed by atoms with Gasteiger partial charge in [0.05, 0.1) is 6.21 Å². The molecular weight excluding hydrogens is 280 g/mol. The molecule has 110 valence electrons. The van der Waals surface area contributed by atoms with Crippen molar-refractivity contribution in [3.8, 4) is 5.69 Å². The first kappa shape index (κ1) is 15.3. The molecule has 4 nitrogen and oxygen atoms in total. The number of aromatic nitrogens is 1. The maximum Gasteiger partial charge on any atom is 0.184 e. The molecule has 1 heterocycles. The van der Waals surface area contributed by atoms with E-state index in [4.69, 9.17) is 18.0 Å². The van der Waals surface area contributed by atoms with Crippen molar-refractivity contribution in [1.29, 1.82) is 0 Å².